The first-order chi connectivity index (χ1) is 18.0. The van der Waals surface area contributed by atoms with Crippen LogP contribution in [0.4, 0.5) is 0 Å². The number of nitrogens with one attached hydrogen (secondary N) is 2. The summed E-state index contributed by atoms with van der Waals surface area (Å²) in [6.07, 6.45) is -0.623. The molecule has 0 radical (unpaired) electrons. The first-order valence-corrected chi connectivity index (χ1v) is 13.9. The molecule has 0 aromatic heterocycles. The van der Waals surface area contributed by atoms with Crippen LogP contribution in [0.25, 0.3) is 0 Å². The third kappa shape index (κ3) is 10.0. The van der Waals surface area contributed by atoms with Crippen molar-refractivity contribution in [3.8, 4) is 11.5 Å². The van der Waals surface area contributed by atoms with Gasteiger partial charge in [0, 0.05) is 15.8 Å². The highest BCUT2D eigenvalue weighted by Crippen LogP contribution is 2.24. The van der Waals surface area contributed by atoms with Crippen LogP contribution >= 0.6 is 27.7 Å². The highest BCUT2D eigenvalue weighted by molar-refractivity contribution is 9.10. The van der Waals surface area contributed by atoms with Gasteiger partial charge in [0.25, 0.3) is 0 Å². The maximum atomic E-state index is 13.1. The maximum Gasteiger partial charge on any atom is 0.305 e. The zero-order valence-corrected chi connectivity index (χ0v) is 24.2. The summed E-state index contributed by atoms with van der Waals surface area (Å²) in [4.78, 5) is 50.2. The predicted octanol–water partition coefficient (Wildman–Crippen LogP) is 3.61. The Bertz CT molecular complexity index is 1140. The molecule has 0 aliphatic carbocycles. The summed E-state index contributed by atoms with van der Waals surface area (Å²) >= 11 is 4.74. The number of carboxylic acid groups (broad SMARTS) is 1. The minimum absolute atomic E-state index is 0.0269. The van der Waals surface area contributed by atoms with Crippen LogP contribution in [0.2, 0.25) is 0 Å². The van der Waals surface area contributed by atoms with Crippen LogP contribution in [0.5, 0.6) is 11.5 Å². The van der Waals surface area contributed by atoms with E-state index in [1.54, 1.807) is 32.0 Å². The number of methoxy groups -OCH3 is 2. The van der Waals surface area contributed by atoms with E-state index in [9.17, 15) is 24.3 Å². The number of carboxylic acids is 1. The summed E-state index contributed by atoms with van der Waals surface area (Å²) in [5.41, 5.74) is 1.58. The van der Waals surface area contributed by atoms with Gasteiger partial charge in [-0.05, 0) is 41.8 Å². The van der Waals surface area contributed by atoms with Gasteiger partial charge in [-0.3, -0.25) is 19.2 Å². The lowest BCUT2D eigenvalue weighted by Crippen LogP contribution is -2.54. The van der Waals surface area contributed by atoms with Crippen LogP contribution in [0.1, 0.15) is 31.4 Å². The van der Waals surface area contributed by atoms with Crippen molar-refractivity contribution in [2.24, 2.45) is 5.92 Å². The van der Waals surface area contributed by atoms with Gasteiger partial charge in [-0.1, -0.05) is 41.9 Å². The largest absolute Gasteiger partial charge is 0.497 e. The zero-order valence-electron chi connectivity index (χ0n) is 21.8. The van der Waals surface area contributed by atoms with Crippen LogP contribution < -0.4 is 20.1 Å². The van der Waals surface area contributed by atoms with Crippen molar-refractivity contribution in [2.75, 3.05) is 20.0 Å². The fourth-order valence-corrected chi connectivity index (χ4v) is 5.00. The summed E-state index contributed by atoms with van der Waals surface area (Å²) in [7, 11) is 3.00. The molecule has 0 fully saturated rings. The minimum Gasteiger partial charge on any atom is -0.497 e. The summed E-state index contributed by atoms with van der Waals surface area (Å²) in [5.74, 6) is -1.36. The van der Waals surface area contributed by atoms with E-state index in [4.69, 9.17) is 9.47 Å². The molecular formula is C27H33BrN2O7S. The fraction of sp³-hybridized carbons (Fsp3) is 0.407. The monoisotopic (exact) mass is 608 g/mol. The molecule has 2 amide bonds. The number of ether oxygens (including phenoxy) is 2. The number of hydrogen-bond acceptors (Lipinski definition) is 7. The van der Waals surface area contributed by atoms with Crippen molar-refractivity contribution < 1.29 is 33.8 Å². The quantitative estimate of drug-likeness (QED) is 0.279. The van der Waals surface area contributed by atoms with Crippen LogP contribution in [0.3, 0.4) is 0 Å². The van der Waals surface area contributed by atoms with Crippen molar-refractivity contribution in [2.45, 2.75) is 44.5 Å². The molecule has 11 heteroatoms. The van der Waals surface area contributed by atoms with E-state index in [1.807, 2.05) is 24.3 Å². The second kappa shape index (κ2) is 15.4. The molecule has 0 aliphatic rings. The fourth-order valence-electron chi connectivity index (χ4n) is 3.63. The van der Waals surface area contributed by atoms with E-state index >= 15 is 0 Å². The molecule has 3 N–H and O–H groups in total. The van der Waals surface area contributed by atoms with Gasteiger partial charge in [-0.15, -0.1) is 11.8 Å². The predicted molar refractivity (Wildman–Crippen MR) is 150 cm³/mol. The van der Waals surface area contributed by atoms with E-state index in [0.29, 0.717) is 22.8 Å². The second-order valence-corrected chi connectivity index (χ2v) is 10.8. The van der Waals surface area contributed by atoms with Gasteiger partial charge in [0.1, 0.15) is 17.5 Å². The van der Waals surface area contributed by atoms with Crippen molar-refractivity contribution in [1.29, 1.82) is 0 Å². The Morgan fingerprint density at radius 3 is 2.37 bits per heavy atom. The molecule has 0 aliphatic heterocycles. The van der Waals surface area contributed by atoms with Gasteiger partial charge in [0.05, 0.1) is 38.9 Å². The Balaban J connectivity index is 2.05. The summed E-state index contributed by atoms with van der Waals surface area (Å²) in [5, 5.41) is 14.6. The van der Waals surface area contributed by atoms with Crippen LogP contribution in [-0.4, -0.2) is 60.7 Å². The lowest BCUT2D eigenvalue weighted by atomic mass is 10.0. The summed E-state index contributed by atoms with van der Waals surface area (Å²) < 4.78 is 11.5. The zero-order chi connectivity index (χ0) is 28.2. The Kier molecular flexibility index (Phi) is 12.6. The number of carbonyl (C=O) groups is 4. The number of aliphatic carboxylic acids is 1. The highest BCUT2D eigenvalue weighted by Gasteiger charge is 2.30. The van der Waals surface area contributed by atoms with Crippen molar-refractivity contribution in [3.05, 3.63) is 58.1 Å². The molecule has 2 atom stereocenters. The lowest BCUT2D eigenvalue weighted by Gasteiger charge is -2.25. The molecule has 0 heterocycles. The second-order valence-electron chi connectivity index (χ2n) is 8.89. The molecule has 1 unspecified atom stereocenters. The third-order valence-corrected chi connectivity index (χ3v) is 7.11. The molecule has 9 nitrogen and oxygen atoms in total. The number of amides is 2. The smallest absolute Gasteiger partial charge is 0.305 e. The molecule has 38 heavy (non-hydrogen) atoms. The first kappa shape index (κ1) is 31.2. The number of carbonyl (C=O) groups excluding carboxylic acids is 3. The molecule has 0 saturated carbocycles. The standard InChI is InChI=1S/C27H33BrN2O7S/c1-16(2)26(30-24(32)12-18-11-20(36-3)8-9-23(18)37-4)27(35)29-21(13-25(33)34)22(31)15-38-14-17-6-5-7-19(28)10-17/h5-11,16,21,26H,12-15H2,1-4H3,(H,29,35)(H,30,32)(H,33,34)/t21?,26-/m0/s1. The molecule has 2 rings (SSSR count). The van der Waals surface area contributed by atoms with Crippen molar-refractivity contribution >= 4 is 51.3 Å². The van der Waals surface area contributed by atoms with Gasteiger partial charge in [-0.25, -0.2) is 0 Å². The van der Waals surface area contributed by atoms with E-state index in [2.05, 4.69) is 26.6 Å². The lowest BCUT2D eigenvalue weighted by molar-refractivity contribution is -0.140. The van der Waals surface area contributed by atoms with Crippen LogP contribution in [0.15, 0.2) is 46.9 Å². The molecule has 206 valence electrons. The highest BCUT2D eigenvalue weighted by atomic mass is 79.9. The number of benzene rings is 2. The Morgan fingerprint density at radius 1 is 1.03 bits per heavy atom. The third-order valence-electron chi connectivity index (χ3n) is 5.59. The average molecular weight is 610 g/mol. The van der Waals surface area contributed by atoms with Gasteiger partial charge in [0.2, 0.25) is 11.8 Å². The van der Waals surface area contributed by atoms with Gasteiger partial charge in [-0.2, -0.15) is 0 Å². The van der Waals surface area contributed by atoms with Gasteiger partial charge < -0.3 is 25.2 Å². The molecule has 0 spiro atoms. The van der Waals surface area contributed by atoms with E-state index in [-0.39, 0.29) is 18.1 Å². The van der Waals surface area contributed by atoms with Crippen LogP contribution in [-0.2, 0) is 31.4 Å². The molecular weight excluding hydrogens is 576 g/mol. The number of rotatable bonds is 15. The summed E-state index contributed by atoms with van der Waals surface area (Å²) in [6, 6.07) is 10.5. The van der Waals surface area contributed by atoms with Crippen molar-refractivity contribution in [3.63, 3.8) is 0 Å². The normalized spacial score (nSPS) is 12.4. The number of Topliss-reactive ketones (excluding diaryl/α,β-unsaturated/α-hetero) is 1. The van der Waals surface area contributed by atoms with Crippen LogP contribution in [0, 0.1) is 5.92 Å². The summed E-state index contributed by atoms with van der Waals surface area (Å²) in [6.45, 7) is 3.50. The Labute approximate surface area is 235 Å². The molecule has 0 bridgehead atoms. The topological polar surface area (TPSA) is 131 Å². The molecule has 2 aromatic rings. The number of halogens is 1. The van der Waals surface area contributed by atoms with E-state index in [1.165, 1.54) is 26.0 Å². The Morgan fingerprint density at radius 2 is 1.76 bits per heavy atom. The average Bonchev–Trinajstić information content (AvgIpc) is 2.86. The molecule has 2 aromatic carbocycles. The maximum absolute atomic E-state index is 13.1. The number of thioether (sulfide) groups is 1. The van der Waals surface area contributed by atoms with Gasteiger partial charge >= 0.3 is 5.97 Å². The molecule has 0 saturated heterocycles. The van der Waals surface area contributed by atoms with Gasteiger partial charge in [0.15, 0.2) is 5.78 Å². The van der Waals surface area contributed by atoms with E-state index < -0.39 is 42.1 Å². The van der Waals surface area contributed by atoms with Crippen molar-refractivity contribution in [1.82, 2.24) is 10.6 Å². The SMILES string of the molecule is COc1ccc(OC)c(CC(=O)N[C@H](C(=O)NC(CC(=O)O)C(=O)CSCc2cccc(Br)c2)C(C)C)c1. The van der Waals surface area contributed by atoms with E-state index in [0.717, 1.165) is 10.0 Å². The first-order valence-electron chi connectivity index (χ1n) is 11.9. The number of ketones is 1. The number of hydrogen-bond donors (Lipinski definition) is 3. The Hall–Kier alpha value is -3.05. The minimum atomic E-state index is -1.22.